The third-order valence-electron chi connectivity index (χ3n) is 6.68. The van der Waals surface area contributed by atoms with Crippen LogP contribution in [0, 0.1) is 11.7 Å². The molecule has 3 aromatic rings. The number of carbonyl (C=O) groups excluding carboxylic acids is 3. The van der Waals surface area contributed by atoms with Crippen molar-refractivity contribution in [1.82, 2.24) is 5.32 Å². The number of carbonyl (C=O) groups is 4. The summed E-state index contributed by atoms with van der Waals surface area (Å²) in [6, 6.07) is 16.6. The van der Waals surface area contributed by atoms with E-state index in [1.807, 2.05) is 19.9 Å². The lowest BCUT2D eigenvalue weighted by atomic mass is 9.92. The molecule has 0 saturated carbocycles. The molecule has 8 nitrogen and oxygen atoms in total. The number of fused-ring (bicyclic) bond motifs is 1. The van der Waals surface area contributed by atoms with Crippen LogP contribution >= 0.6 is 0 Å². The molecule has 3 atom stereocenters. The van der Waals surface area contributed by atoms with Crippen LogP contribution in [0.2, 0.25) is 0 Å². The molecule has 3 amide bonds. The fourth-order valence-electron chi connectivity index (χ4n) is 4.49. The Hall–Kier alpha value is -4.53. The molecule has 196 valence electrons. The number of rotatable bonds is 8. The van der Waals surface area contributed by atoms with E-state index in [0.29, 0.717) is 12.1 Å². The first-order valence-corrected chi connectivity index (χ1v) is 12.3. The summed E-state index contributed by atoms with van der Waals surface area (Å²) < 4.78 is 13.9. The van der Waals surface area contributed by atoms with Crippen molar-refractivity contribution in [2.45, 2.75) is 38.8 Å². The van der Waals surface area contributed by atoms with E-state index in [0.717, 1.165) is 11.6 Å². The summed E-state index contributed by atoms with van der Waals surface area (Å²) in [7, 11) is 0. The predicted octanol–water partition coefficient (Wildman–Crippen LogP) is 4.27. The first kappa shape index (κ1) is 26.5. The lowest BCUT2D eigenvalue weighted by molar-refractivity contribution is -0.139. The highest BCUT2D eigenvalue weighted by Gasteiger charge is 2.40. The second-order valence-corrected chi connectivity index (χ2v) is 9.29. The van der Waals surface area contributed by atoms with Gasteiger partial charge in [0, 0.05) is 17.5 Å². The number of hydrogen-bond donors (Lipinski definition) is 3. The summed E-state index contributed by atoms with van der Waals surface area (Å²) in [6.07, 6.45) is 0.703. The second kappa shape index (κ2) is 11.2. The van der Waals surface area contributed by atoms with Crippen LogP contribution in [0.15, 0.2) is 72.8 Å². The summed E-state index contributed by atoms with van der Waals surface area (Å²) in [5.41, 5.74) is 1.54. The van der Waals surface area contributed by atoms with E-state index in [-0.39, 0.29) is 29.2 Å². The molecule has 1 heterocycles. The van der Waals surface area contributed by atoms with Crippen LogP contribution in [0.1, 0.15) is 46.5 Å². The van der Waals surface area contributed by atoms with Gasteiger partial charge in [-0.25, -0.2) is 9.18 Å². The Morgan fingerprint density at radius 1 is 1.03 bits per heavy atom. The highest BCUT2D eigenvalue weighted by atomic mass is 19.1. The van der Waals surface area contributed by atoms with Gasteiger partial charge in [0.25, 0.3) is 11.8 Å². The van der Waals surface area contributed by atoms with E-state index < -0.39 is 41.6 Å². The van der Waals surface area contributed by atoms with E-state index in [4.69, 9.17) is 0 Å². The van der Waals surface area contributed by atoms with Gasteiger partial charge < -0.3 is 15.7 Å². The number of benzene rings is 3. The standard InChI is InChI=1S/C29H28FN3O5/c1-3-17(2)25-27(35)31-22-16-19(26(34)32-23(29(37)38)14-18-8-5-4-6-9-18)12-13-24(22)33(25)28(36)20-10-7-11-21(30)15-20/h4-13,15-17,23,25H,3,14H2,1-2H3,(H,31,35)(H,32,34)(H,37,38). The summed E-state index contributed by atoms with van der Waals surface area (Å²) >= 11 is 0. The minimum absolute atomic E-state index is 0.0889. The van der Waals surface area contributed by atoms with Gasteiger partial charge in [0.2, 0.25) is 5.91 Å². The Kier molecular flexibility index (Phi) is 7.85. The molecule has 0 radical (unpaired) electrons. The number of hydrogen-bond acceptors (Lipinski definition) is 4. The van der Waals surface area contributed by atoms with Crippen molar-refractivity contribution in [2.24, 2.45) is 5.92 Å². The zero-order chi connectivity index (χ0) is 27.4. The van der Waals surface area contributed by atoms with Crippen molar-refractivity contribution in [3.63, 3.8) is 0 Å². The molecule has 1 aliphatic heterocycles. The largest absolute Gasteiger partial charge is 0.480 e. The van der Waals surface area contributed by atoms with Crippen LogP contribution in [0.5, 0.6) is 0 Å². The smallest absolute Gasteiger partial charge is 0.326 e. The minimum atomic E-state index is -1.18. The molecule has 3 aromatic carbocycles. The first-order valence-electron chi connectivity index (χ1n) is 12.3. The van der Waals surface area contributed by atoms with Crippen LogP contribution in [0.3, 0.4) is 0 Å². The maximum atomic E-state index is 13.9. The fraction of sp³-hybridized carbons (Fsp3) is 0.241. The molecular weight excluding hydrogens is 489 g/mol. The monoisotopic (exact) mass is 517 g/mol. The summed E-state index contributed by atoms with van der Waals surface area (Å²) in [5, 5.41) is 15.0. The van der Waals surface area contributed by atoms with Crippen molar-refractivity contribution in [1.29, 1.82) is 0 Å². The van der Waals surface area contributed by atoms with Crippen molar-refractivity contribution >= 4 is 35.1 Å². The van der Waals surface area contributed by atoms with Crippen LogP contribution < -0.4 is 15.5 Å². The number of aliphatic carboxylic acids is 1. The van der Waals surface area contributed by atoms with Crippen molar-refractivity contribution in [2.75, 3.05) is 10.2 Å². The molecule has 0 bridgehead atoms. The van der Waals surface area contributed by atoms with Crippen LogP contribution in [0.4, 0.5) is 15.8 Å². The maximum Gasteiger partial charge on any atom is 0.326 e. The SMILES string of the molecule is CCC(C)C1C(=O)Nc2cc(C(=O)NC(Cc3ccccc3)C(=O)O)ccc2N1C(=O)c1cccc(F)c1. The molecule has 38 heavy (non-hydrogen) atoms. The average molecular weight is 518 g/mol. The number of carboxylic acid groups (broad SMARTS) is 1. The third kappa shape index (κ3) is 5.56. The Bertz CT molecular complexity index is 1380. The van der Waals surface area contributed by atoms with Gasteiger partial charge in [-0.15, -0.1) is 0 Å². The van der Waals surface area contributed by atoms with Gasteiger partial charge in [0.15, 0.2) is 0 Å². The molecular formula is C29H28FN3O5. The maximum absolute atomic E-state index is 13.9. The number of nitrogens with one attached hydrogen (secondary N) is 2. The van der Waals surface area contributed by atoms with Crippen LogP contribution in [-0.4, -0.2) is 40.9 Å². The molecule has 0 aliphatic carbocycles. The van der Waals surface area contributed by atoms with Crippen molar-refractivity contribution < 1.29 is 28.7 Å². The first-order chi connectivity index (χ1) is 18.2. The molecule has 0 fully saturated rings. The highest BCUT2D eigenvalue weighted by molar-refractivity contribution is 6.17. The quantitative estimate of drug-likeness (QED) is 0.413. The van der Waals surface area contributed by atoms with E-state index in [1.54, 1.807) is 24.3 Å². The molecule has 3 N–H and O–H groups in total. The third-order valence-corrected chi connectivity index (χ3v) is 6.68. The van der Waals surface area contributed by atoms with Crippen molar-refractivity contribution in [3.8, 4) is 0 Å². The summed E-state index contributed by atoms with van der Waals surface area (Å²) in [6.45, 7) is 3.75. The zero-order valence-corrected chi connectivity index (χ0v) is 21.0. The minimum Gasteiger partial charge on any atom is -0.480 e. The second-order valence-electron chi connectivity index (χ2n) is 9.29. The van der Waals surface area contributed by atoms with Gasteiger partial charge in [-0.1, -0.05) is 56.7 Å². The summed E-state index contributed by atoms with van der Waals surface area (Å²) in [4.78, 5) is 52.9. The number of amides is 3. The lowest BCUT2D eigenvalue weighted by Crippen LogP contribution is -2.54. The molecule has 0 spiro atoms. The number of anilines is 2. The van der Waals surface area contributed by atoms with Crippen LogP contribution in [0.25, 0.3) is 0 Å². The normalized spacial score (nSPS) is 16.1. The van der Waals surface area contributed by atoms with E-state index in [2.05, 4.69) is 10.6 Å². The Labute approximate surface area is 219 Å². The fourth-order valence-corrected chi connectivity index (χ4v) is 4.49. The Morgan fingerprint density at radius 3 is 2.42 bits per heavy atom. The molecule has 0 saturated heterocycles. The van der Waals surface area contributed by atoms with Gasteiger partial charge >= 0.3 is 5.97 Å². The van der Waals surface area contributed by atoms with E-state index in [1.165, 1.54) is 41.3 Å². The van der Waals surface area contributed by atoms with Crippen LogP contribution in [-0.2, 0) is 16.0 Å². The van der Waals surface area contributed by atoms with Gasteiger partial charge in [-0.3, -0.25) is 19.3 Å². The van der Waals surface area contributed by atoms with E-state index in [9.17, 15) is 28.7 Å². The Balaban J connectivity index is 1.66. The molecule has 1 aliphatic rings. The van der Waals surface area contributed by atoms with Gasteiger partial charge in [0.05, 0.1) is 11.4 Å². The highest BCUT2D eigenvalue weighted by Crippen LogP contribution is 2.37. The zero-order valence-electron chi connectivity index (χ0n) is 21.0. The van der Waals surface area contributed by atoms with Gasteiger partial charge in [-0.05, 0) is 47.9 Å². The van der Waals surface area contributed by atoms with Gasteiger partial charge in [0.1, 0.15) is 17.9 Å². The number of halogens is 1. The molecule has 3 unspecified atom stereocenters. The van der Waals surface area contributed by atoms with E-state index >= 15 is 0 Å². The average Bonchev–Trinajstić information content (AvgIpc) is 2.91. The number of nitrogens with zero attached hydrogens (tertiary/aromatic N) is 1. The summed E-state index contributed by atoms with van der Waals surface area (Å²) in [5.74, 6) is -3.58. The predicted molar refractivity (Wildman–Crippen MR) is 141 cm³/mol. The molecule has 4 rings (SSSR count). The molecule has 0 aromatic heterocycles. The van der Waals surface area contributed by atoms with Crippen molar-refractivity contribution in [3.05, 3.63) is 95.3 Å². The number of carboxylic acids is 1. The molecule has 9 heteroatoms. The Morgan fingerprint density at radius 2 is 1.76 bits per heavy atom. The topological polar surface area (TPSA) is 116 Å². The lowest BCUT2D eigenvalue weighted by Gasteiger charge is -2.39. The van der Waals surface area contributed by atoms with Gasteiger partial charge in [-0.2, -0.15) is 0 Å².